The Kier molecular flexibility index (Phi) is 4.07. The minimum Gasteiger partial charge on any atom is -0.326 e. The molecule has 1 aromatic carbocycles. The highest BCUT2D eigenvalue weighted by molar-refractivity contribution is 9.10. The van der Waals surface area contributed by atoms with E-state index in [2.05, 4.69) is 69.0 Å². The molecule has 0 amide bonds. The van der Waals surface area contributed by atoms with Crippen LogP contribution in [-0.2, 0) is 6.54 Å². The van der Waals surface area contributed by atoms with Crippen molar-refractivity contribution in [2.24, 2.45) is 0 Å². The molecule has 18 heavy (non-hydrogen) atoms. The van der Waals surface area contributed by atoms with Crippen molar-refractivity contribution in [3.05, 3.63) is 40.1 Å². The van der Waals surface area contributed by atoms with Gasteiger partial charge in [-0.2, -0.15) is 0 Å². The van der Waals surface area contributed by atoms with E-state index in [-0.39, 0.29) is 0 Å². The molecule has 0 saturated heterocycles. The number of rotatable bonds is 4. The second-order valence-electron chi connectivity index (χ2n) is 4.49. The fraction of sp³-hybridized carbons (Fsp3) is 0.357. The summed E-state index contributed by atoms with van der Waals surface area (Å²) in [5.74, 6) is 0.908. The zero-order valence-electron chi connectivity index (χ0n) is 11.0. The third-order valence-electron chi connectivity index (χ3n) is 2.79. The van der Waals surface area contributed by atoms with Crippen LogP contribution in [0.25, 0.3) is 0 Å². The van der Waals surface area contributed by atoms with Crippen LogP contribution in [0, 0.1) is 13.8 Å². The van der Waals surface area contributed by atoms with Crippen molar-refractivity contribution in [2.75, 3.05) is 5.32 Å². The lowest BCUT2D eigenvalue weighted by atomic mass is 10.2. The highest BCUT2D eigenvalue weighted by atomic mass is 79.9. The molecule has 4 heteroatoms. The Morgan fingerprint density at radius 3 is 2.78 bits per heavy atom. The first-order chi connectivity index (χ1) is 8.60. The van der Waals surface area contributed by atoms with Crippen molar-refractivity contribution in [1.29, 1.82) is 0 Å². The highest BCUT2D eigenvalue weighted by Gasteiger charge is 2.06. The number of nitrogens with zero attached hydrogens (tertiary/aromatic N) is 2. The van der Waals surface area contributed by atoms with Gasteiger partial charge in [-0.25, -0.2) is 4.98 Å². The molecule has 0 aliphatic carbocycles. The van der Waals surface area contributed by atoms with Gasteiger partial charge in [-0.1, -0.05) is 28.9 Å². The molecule has 0 saturated carbocycles. The number of aryl methyl sites for hydroxylation is 3. The Hall–Kier alpha value is -1.29. The average Bonchev–Trinajstić information content (AvgIpc) is 2.65. The summed E-state index contributed by atoms with van der Waals surface area (Å²) in [5, 5.41) is 3.37. The zero-order valence-corrected chi connectivity index (χ0v) is 12.6. The van der Waals surface area contributed by atoms with E-state index in [4.69, 9.17) is 0 Å². The Morgan fingerprint density at radius 1 is 1.33 bits per heavy atom. The second kappa shape index (κ2) is 5.57. The molecule has 0 unspecified atom stereocenters. The quantitative estimate of drug-likeness (QED) is 0.906. The first kappa shape index (κ1) is 13.1. The minimum atomic E-state index is 0.908. The van der Waals surface area contributed by atoms with Gasteiger partial charge in [0, 0.05) is 22.9 Å². The molecule has 2 rings (SSSR count). The Morgan fingerprint density at radius 2 is 2.11 bits per heavy atom. The lowest BCUT2D eigenvalue weighted by Gasteiger charge is -2.09. The monoisotopic (exact) mass is 307 g/mol. The maximum Gasteiger partial charge on any atom is 0.207 e. The number of anilines is 2. The van der Waals surface area contributed by atoms with E-state index in [0.717, 1.165) is 34.8 Å². The zero-order chi connectivity index (χ0) is 13.1. The molecule has 2 aromatic rings. The number of hydrogen-bond acceptors (Lipinski definition) is 2. The number of halogens is 1. The summed E-state index contributed by atoms with van der Waals surface area (Å²) < 4.78 is 3.26. The molecule has 0 atom stereocenters. The SMILES string of the molecule is CCCn1cc(C)nc1Nc1ccc(C)c(Br)c1. The summed E-state index contributed by atoms with van der Waals surface area (Å²) in [7, 11) is 0. The fourth-order valence-corrected chi connectivity index (χ4v) is 2.24. The van der Waals surface area contributed by atoms with Crippen LogP contribution in [0.3, 0.4) is 0 Å². The molecule has 0 bridgehead atoms. The maximum atomic E-state index is 4.51. The summed E-state index contributed by atoms with van der Waals surface area (Å²) in [6.07, 6.45) is 3.18. The van der Waals surface area contributed by atoms with Gasteiger partial charge in [-0.3, -0.25) is 0 Å². The average molecular weight is 308 g/mol. The van der Waals surface area contributed by atoms with E-state index in [1.807, 2.05) is 6.92 Å². The molecule has 3 nitrogen and oxygen atoms in total. The third-order valence-corrected chi connectivity index (χ3v) is 3.64. The lowest BCUT2D eigenvalue weighted by molar-refractivity contribution is 0.686. The van der Waals surface area contributed by atoms with Crippen LogP contribution < -0.4 is 5.32 Å². The van der Waals surface area contributed by atoms with Crippen LogP contribution in [0.15, 0.2) is 28.9 Å². The topological polar surface area (TPSA) is 29.9 Å². The van der Waals surface area contributed by atoms with E-state index in [1.54, 1.807) is 0 Å². The van der Waals surface area contributed by atoms with Gasteiger partial charge in [-0.05, 0) is 38.0 Å². The number of imidazole rings is 1. The van der Waals surface area contributed by atoms with Crippen molar-refractivity contribution < 1.29 is 0 Å². The van der Waals surface area contributed by atoms with Crippen LogP contribution in [-0.4, -0.2) is 9.55 Å². The van der Waals surface area contributed by atoms with Crippen molar-refractivity contribution in [3.8, 4) is 0 Å². The van der Waals surface area contributed by atoms with Crippen molar-refractivity contribution in [2.45, 2.75) is 33.7 Å². The summed E-state index contributed by atoms with van der Waals surface area (Å²) in [6.45, 7) is 7.25. The van der Waals surface area contributed by atoms with Gasteiger partial charge in [0.2, 0.25) is 5.95 Å². The number of benzene rings is 1. The standard InChI is InChI=1S/C14H18BrN3/c1-4-7-18-9-11(3)16-14(18)17-12-6-5-10(2)13(15)8-12/h5-6,8-9H,4,7H2,1-3H3,(H,16,17). The molecule has 96 valence electrons. The van der Waals surface area contributed by atoms with Crippen molar-refractivity contribution >= 4 is 27.6 Å². The molecule has 0 aliphatic rings. The second-order valence-corrected chi connectivity index (χ2v) is 5.34. The predicted molar refractivity (Wildman–Crippen MR) is 79.4 cm³/mol. The van der Waals surface area contributed by atoms with Gasteiger partial charge < -0.3 is 9.88 Å². The van der Waals surface area contributed by atoms with E-state index in [0.29, 0.717) is 0 Å². The lowest BCUT2D eigenvalue weighted by Crippen LogP contribution is -2.02. The van der Waals surface area contributed by atoms with Crippen molar-refractivity contribution in [1.82, 2.24) is 9.55 Å². The van der Waals surface area contributed by atoms with Gasteiger partial charge in [-0.15, -0.1) is 0 Å². The Labute approximate surface area is 116 Å². The normalized spacial score (nSPS) is 10.7. The smallest absolute Gasteiger partial charge is 0.207 e. The summed E-state index contributed by atoms with van der Waals surface area (Å²) in [4.78, 5) is 4.51. The summed E-state index contributed by atoms with van der Waals surface area (Å²) in [6, 6.07) is 6.24. The van der Waals surface area contributed by atoms with E-state index in [1.165, 1.54) is 5.56 Å². The van der Waals surface area contributed by atoms with E-state index in [9.17, 15) is 0 Å². The van der Waals surface area contributed by atoms with Crippen LogP contribution in [0.5, 0.6) is 0 Å². The van der Waals surface area contributed by atoms with E-state index < -0.39 is 0 Å². The molecule has 0 spiro atoms. The third kappa shape index (κ3) is 2.93. The molecule has 1 N–H and O–H groups in total. The molecular weight excluding hydrogens is 290 g/mol. The van der Waals surface area contributed by atoms with E-state index >= 15 is 0 Å². The highest BCUT2D eigenvalue weighted by Crippen LogP contribution is 2.23. The Balaban J connectivity index is 2.24. The van der Waals surface area contributed by atoms with Gasteiger partial charge in [0.05, 0.1) is 5.69 Å². The Bertz CT molecular complexity index is 546. The largest absolute Gasteiger partial charge is 0.326 e. The summed E-state index contributed by atoms with van der Waals surface area (Å²) >= 11 is 3.55. The van der Waals surface area contributed by atoms with Crippen molar-refractivity contribution in [3.63, 3.8) is 0 Å². The van der Waals surface area contributed by atoms with Gasteiger partial charge >= 0.3 is 0 Å². The van der Waals surface area contributed by atoms with Gasteiger partial charge in [0.25, 0.3) is 0 Å². The molecule has 0 fully saturated rings. The number of hydrogen-bond donors (Lipinski definition) is 1. The molecule has 0 radical (unpaired) electrons. The molecule has 1 aromatic heterocycles. The number of aromatic nitrogens is 2. The van der Waals surface area contributed by atoms with Gasteiger partial charge in [0.15, 0.2) is 0 Å². The molecular formula is C14H18BrN3. The van der Waals surface area contributed by atoms with Crippen LogP contribution in [0.1, 0.15) is 24.6 Å². The predicted octanol–water partition coefficient (Wildman–Crippen LogP) is 4.42. The van der Waals surface area contributed by atoms with Crippen LogP contribution >= 0.6 is 15.9 Å². The molecule has 1 heterocycles. The maximum absolute atomic E-state index is 4.51. The number of nitrogens with one attached hydrogen (secondary N) is 1. The first-order valence-corrected chi connectivity index (χ1v) is 6.96. The minimum absolute atomic E-state index is 0.908. The van der Waals surface area contributed by atoms with Crippen LogP contribution in [0.2, 0.25) is 0 Å². The van der Waals surface area contributed by atoms with Crippen LogP contribution in [0.4, 0.5) is 11.6 Å². The van der Waals surface area contributed by atoms with Gasteiger partial charge in [0.1, 0.15) is 0 Å². The fourth-order valence-electron chi connectivity index (χ4n) is 1.86. The first-order valence-electron chi connectivity index (χ1n) is 6.17. The molecule has 0 aliphatic heterocycles. The summed E-state index contributed by atoms with van der Waals surface area (Å²) in [5.41, 5.74) is 3.32.